The van der Waals surface area contributed by atoms with Crippen LogP contribution in [0.15, 0.2) is 30.3 Å². The molecule has 0 unspecified atom stereocenters. The van der Waals surface area contributed by atoms with Crippen LogP contribution in [-0.4, -0.2) is 27.6 Å². The van der Waals surface area contributed by atoms with E-state index >= 15 is 0 Å². The van der Waals surface area contributed by atoms with Crippen LogP contribution >= 0.6 is 0 Å². The topological polar surface area (TPSA) is 57.7 Å². The number of hydrogen-bond donors (Lipinski definition) is 0. The first-order chi connectivity index (χ1) is 13.2. The number of nitriles is 1. The molecule has 0 spiro atoms. The Morgan fingerprint density at radius 3 is 2.74 bits per heavy atom. The maximum Gasteiger partial charge on any atom is 0.146 e. The lowest BCUT2D eigenvalue weighted by atomic mass is 10.0. The van der Waals surface area contributed by atoms with Crippen molar-refractivity contribution in [3.63, 3.8) is 0 Å². The first-order valence-corrected chi connectivity index (χ1v) is 9.80. The van der Waals surface area contributed by atoms with E-state index in [9.17, 15) is 5.26 Å². The molecule has 5 heteroatoms. The second-order valence-corrected chi connectivity index (χ2v) is 7.97. The second-order valence-electron chi connectivity index (χ2n) is 7.97. The molecule has 2 aromatic heterocycles. The molecule has 0 N–H and O–H groups in total. The molecule has 1 fully saturated rings. The lowest BCUT2D eigenvalue weighted by molar-refractivity contribution is 0.390. The number of hydrogen-bond acceptors (Lipinski definition) is 4. The van der Waals surface area contributed by atoms with Crippen LogP contribution in [0, 0.1) is 11.3 Å². The van der Waals surface area contributed by atoms with Gasteiger partial charge in [0.1, 0.15) is 17.7 Å². The number of aryl methyl sites for hydroxylation is 2. The Morgan fingerprint density at radius 2 is 1.96 bits per heavy atom. The number of benzene rings is 1. The first kappa shape index (κ1) is 16.3. The van der Waals surface area contributed by atoms with Crippen LogP contribution in [0.25, 0.3) is 11.0 Å². The van der Waals surface area contributed by atoms with Crippen molar-refractivity contribution in [3.8, 4) is 6.07 Å². The van der Waals surface area contributed by atoms with Gasteiger partial charge in [0.05, 0.1) is 22.6 Å². The molecule has 2 aliphatic rings. The largest absolute Gasteiger partial charge is 0.351 e. The summed E-state index contributed by atoms with van der Waals surface area (Å²) >= 11 is 0. The lowest BCUT2D eigenvalue weighted by Gasteiger charge is -2.42. The van der Waals surface area contributed by atoms with Crippen molar-refractivity contribution < 1.29 is 0 Å². The summed E-state index contributed by atoms with van der Waals surface area (Å²) < 4.78 is 2.40. The average molecular weight is 357 g/mol. The molecule has 0 radical (unpaired) electrons. The summed E-state index contributed by atoms with van der Waals surface area (Å²) in [4.78, 5) is 12.0. The third kappa shape index (κ3) is 2.51. The van der Waals surface area contributed by atoms with E-state index in [0.29, 0.717) is 17.5 Å². The normalized spacial score (nSPS) is 16.6. The van der Waals surface area contributed by atoms with Crippen molar-refractivity contribution >= 4 is 16.9 Å². The summed E-state index contributed by atoms with van der Waals surface area (Å²) in [5.41, 5.74) is 5.42. The van der Waals surface area contributed by atoms with Crippen molar-refractivity contribution in [2.24, 2.45) is 0 Å². The predicted octanol–water partition coefficient (Wildman–Crippen LogP) is 3.98. The standard InChI is InChI=1S/C22H23N5/c1-14(2)21-25-19-7-3-4-9-20(19)27(21)17-12-26(13-17)22-16(11-23)10-15-6-5-8-18(15)24-22/h3-4,7,9-10,14,17H,5-6,8,12-13H2,1-2H3. The summed E-state index contributed by atoms with van der Waals surface area (Å²) in [6.07, 6.45) is 3.24. The molecule has 3 heterocycles. The van der Waals surface area contributed by atoms with E-state index < -0.39 is 0 Å². The summed E-state index contributed by atoms with van der Waals surface area (Å²) in [5.74, 6) is 2.38. The Morgan fingerprint density at radius 1 is 1.15 bits per heavy atom. The fourth-order valence-corrected chi connectivity index (χ4v) is 4.43. The zero-order valence-corrected chi connectivity index (χ0v) is 15.8. The SMILES string of the molecule is CC(C)c1nc2ccccc2n1C1CN(c2nc3c(cc2C#N)CCC3)C1. The van der Waals surface area contributed by atoms with Gasteiger partial charge < -0.3 is 9.47 Å². The van der Waals surface area contributed by atoms with Crippen LogP contribution in [0.4, 0.5) is 5.82 Å². The molecular formula is C22H23N5. The van der Waals surface area contributed by atoms with Gasteiger partial charge in [0, 0.05) is 24.7 Å². The van der Waals surface area contributed by atoms with E-state index in [1.165, 1.54) is 16.8 Å². The van der Waals surface area contributed by atoms with Crippen molar-refractivity contribution in [1.82, 2.24) is 14.5 Å². The zero-order chi connectivity index (χ0) is 18.5. The highest BCUT2D eigenvalue weighted by Gasteiger charge is 2.34. The molecule has 0 saturated carbocycles. The number of nitrogens with zero attached hydrogens (tertiary/aromatic N) is 5. The summed E-state index contributed by atoms with van der Waals surface area (Å²) in [6, 6.07) is 13.2. The minimum atomic E-state index is 0.372. The Hall–Kier alpha value is -2.87. The van der Waals surface area contributed by atoms with Crippen LogP contribution in [0.1, 0.15) is 54.9 Å². The molecule has 0 bridgehead atoms. The molecule has 1 saturated heterocycles. The second kappa shape index (κ2) is 6.09. The van der Waals surface area contributed by atoms with Crippen molar-refractivity contribution in [2.45, 2.75) is 45.1 Å². The van der Waals surface area contributed by atoms with E-state index in [2.05, 4.69) is 53.6 Å². The van der Waals surface area contributed by atoms with E-state index in [4.69, 9.17) is 9.97 Å². The van der Waals surface area contributed by atoms with Gasteiger partial charge in [-0.3, -0.25) is 0 Å². The van der Waals surface area contributed by atoms with Crippen LogP contribution in [0.2, 0.25) is 0 Å². The van der Waals surface area contributed by atoms with Gasteiger partial charge in [-0.05, 0) is 43.0 Å². The monoisotopic (exact) mass is 357 g/mol. The quantitative estimate of drug-likeness (QED) is 0.711. The number of para-hydroxylation sites is 2. The third-order valence-electron chi connectivity index (χ3n) is 5.82. The predicted molar refractivity (Wildman–Crippen MR) is 106 cm³/mol. The number of fused-ring (bicyclic) bond motifs is 2. The third-order valence-corrected chi connectivity index (χ3v) is 5.82. The molecule has 3 aromatic rings. The maximum absolute atomic E-state index is 9.59. The molecule has 5 rings (SSSR count). The van der Waals surface area contributed by atoms with E-state index in [-0.39, 0.29) is 0 Å². The smallest absolute Gasteiger partial charge is 0.146 e. The molecule has 0 amide bonds. The Bertz CT molecular complexity index is 1070. The summed E-state index contributed by atoms with van der Waals surface area (Å²) in [6.45, 7) is 6.15. The molecule has 27 heavy (non-hydrogen) atoms. The summed E-state index contributed by atoms with van der Waals surface area (Å²) in [7, 11) is 0. The number of aromatic nitrogens is 3. The fraction of sp³-hybridized carbons (Fsp3) is 0.409. The molecule has 0 atom stereocenters. The van der Waals surface area contributed by atoms with E-state index in [1.54, 1.807) is 0 Å². The van der Waals surface area contributed by atoms with E-state index in [1.807, 2.05) is 6.07 Å². The van der Waals surface area contributed by atoms with Gasteiger partial charge in [-0.2, -0.15) is 5.26 Å². The van der Waals surface area contributed by atoms with Crippen LogP contribution in [0.5, 0.6) is 0 Å². The molecule has 1 aromatic carbocycles. The van der Waals surface area contributed by atoms with E-state index in [0.717, 1.165) is 49.5 Å². The molecular weight excluding hydrogens is 334 g/mol. The minimum absolute atomic E-state index is 0.372. The van der Waals surface area contributed by atoms with Gasteiger partial charge in [0.15, 0.2) is 0 Å². The highest BCUT2D eigenvalue weighted by atomic mass is 15.3. The van der Waals surface area contributed by atoms with Crippen LogP contribution in [-0.2, 0) is 12.8 Å². The number of imidazole rings is 1. The van der Waals surface area contributed by atoms with Crippen molar-refractivity contribution in [3.05, 3.63) is 53.0 Å². The van der Waals surface area contributed by atoms with Gasteiger partial charge in [-0.25, -0.2) is 9.97 Å². The van der Waals surface area contributed by atoms with Gasteiger partial charge >= 0.3 is 0 Å². The molecule has 1 aliphatic heterocycles. The van der Waals surface area contributed by atoms with Gasteiger partial charge in [0.25, 0.3) is 0 Å². The van der Waals surface area contributed by atoms with Gasteiger partial charge in [0.2, 0.25) is 0 Å². The van der Waals surface area contributed by atoms with Crippen molar-refractivity contribution in [1.29, 1.82) is 5.26 Å². The number of anilines is 1. The maximum atomic E-state index is 9.59. The Balaban J connectivity index is 1.48. The fourth-order valence-electron chi connectivity index (χ4n) is 4.43. The highest BCUT2D eigenvalue weighted by Crippen LogP contribution is 2.35. The van der Waals surface area contributed by atoms with Gasteiger partial charge in [-0.1, -0.05) is 26.0 Å². The molecule has 1 aliphatic carbocycles. The van der Waals surface area contributed by atoms with Crippen LogP contribution < -0.4 is 4.90 Å². The number of rotatable bonds is 3. The number of pyridine rings is 1. The lowest BCUT2D eigenvalue weighted by Crippen LogP contribution is -2.49. The Kier molecular flexibility index (Phi) is 3.68. The highest BCUT2D eigenvalue weighted by molar-refractivity contribution is 5.76. The van der Waals surface area contributed by atoms with Crippen molar-refractivity contribution in [2.75, 3.05) is 18.0 Å². The Labute approximate surface area is 159 Å². The van der Waals surface area contributed by atoms with Crippen LogP contribution in [0.3, 0.4) is 0 Å². The average Bonchev–Trinajstić information content (AvgIpc) is 3.24. The van der Waals surface area contributed by atoms with Gasteiger partial charge in [-0.15, -0.1) is 0 Å². The molecule has 5 nitrogen and oxygen atoms in total. The first-order valence-electron chi connectivity index (χ1n) is 9.80. The minimum Gasteiger partial charge on any atom is -0.351 e. The summed E-state index contributed by atoms with van der Waals surface area (Å²) in [5, 5.41) is 9.59. The molecule has 136 valence electrons. The zero-order valence-electron chi connectivity index (χ0n) is 15.8.